The summed E-state index contributed by atoms with van der Waals surface area (Å²) in [5.41, 5.74) is 1.59. The fraction of sp³-hybridized carbons (Fsp3) is 0.412. The number of halogens is 1. The zero-order valence-corrected chi connectivity index (χ0v) is 12.5. The molecule has 5 heteroatoms. The molecule has 0 radical (unpaired) electrons. The lowest BCUT2D eigenvalue weighted by Gasteiger charge is -2.29. The molecule has 1 fully saturated rings. The minimum Gasteiger partial charge on any atom is -0.348 e. The molecule has 1 aliphatic heterocycles. The molecule has 0 bridgehead atoms. The van der Waals surface area contributed by atoms with E-state index in [1.54, 1.807) is 24.5 Å². The van der Waals surface area contributed by atoms with E-state index < -0.39 is 6.29 Å². The maximum atomic E-state index is 12.9. The maximum absolute atomic E-state index is 12.9. The highest BCUT2D eigenvalue weighted by Crippen LogP contribution is 2.26. The Kier molecular flexibility index (Phi) is 4.75. The minimum absolute atomic E-state index is 0.272. The van der Waals surface area contributed by atoms with E-state index in [9.17, 15) is 4.39 Å². The number of benzene rings is 1. The van der Waals surface area contributed by atoms with Crippen molar-refractivity contribution in [3.05, 3.63) is 48.0 Å². The van der Waals surface area contributed by atoms with Gasteiger partial charge in [0.2, 0.25) is 0 Å². The van der Waals surface area contributed by atoms with Gasteiger partial charge < -0.3 is 9.47 Å². The van der Waals surface area contributed by atoms with Crippen LogP contribution in [-0.4, -0.2) is 23.2 Å². The second kappa shape index (κ2) is 6.94. The standard InChI is InChI=1S/C17H19FN2O2/c1-2-3-12-10-21-17(22-11-12)14-8-19-16(20-9-14)13-4-6-15(18)7-5-13/h4-9,12,17H,2-3,10-11H2,1H3. The van der Waals surface area contributed by atoms with Crippen molar-refractivity contribution in [1.29, 1.82) is 0 Å². The van der Waals surface area contributed by atoms with E-state index in [-0.39, 0.29) is 5.82 Å². The highest BCUT2D eigenvalue weighted by molar-refractivity contribution is 5.54. The fourth-order valence-corrected chi connectivity index (χ4v) is 2.52. The molecule has 0 unspecified atom stereocenters. The summed E-state index contributed by atoms with van der Waals surface area (Å²) in [7, 11) is 0. The third-order valence-electron chi connectivity index (χ3n) is 3.71. The van der Waals surface area contributed by atoms with Crippen LogP contribution in [-0.2, 0) is 9.47 Å². The Morgan fingerprint density at radius 2 is 1.73 bits per heavy atom. The lowest BCUT2D eigenvalue weighted by Crippen LogP contribution is -2.27. The molecule has 0 atom stereocenters. The molecule has 0 saturated carbocycles. The second-order valence-corrected chi connectivity index (χ2v) is 5.50. The van der Waals surface area contributed by atoms with Gasteiger partial charge in [-0.2, -0.15) is 0 Å². The van der Waals surface area contributed by atoms with Gasteiger partial charge in [-0.05, 0) is 30.7 Å². The first-order valence-electron chi connectivity index (χ1n) is 7.57. The molecule has 116 valence electrons. The predicted molar refractivity (Wildman–Crippen MR) is 80.5 cm³/mol. The van der Waals surface area contributed by atoms with Gasteiger partial charge in [-0.1, -0.05) is 13.3 Å². The molecule has 1 aromatic carbocycles. The second-order valence-electron chi connectivity index (χ2n) is 5.50. The topological polar surface area (TPSA) is 44.2 Å². The summed E-state index contributed by atoms with van der Waals surface area (Å²) in [5, 5.41) is 0. The van der Waals surface area contributed by atoms with E-state index in [0.717, 1.165) is 24.0 Å². The first-order valence-corrected chi connectivity index (χ1v) is 7.57. The first kappa shape index (κ1) is 15.1. The smallest absolute Gasteiger partial charge is 0.186 e. The van der Waals surface area contributed by atoms with Crippen LogP contribution in [0.3, 0.4) is 0 Å². The molecule has 4 nitrogen and oxygen atoms in total. The Labute approximate surface area is 129 Å². The summed E-state index contributed by atoms with van der Waals surface area (Å²) in [6, 6.07) is 6.11. The van der Waals surface area contributed by atoms with Crippen LogP contribution in [0, 0.1) is 11.7 Å². The molecule has 0 amide bonds. The van der Waals surface area contributed by atoms with Crippen LogP contribution >= 0.6 is 0 Å². The van der Waals surface area contributed by atoms with Crippen LogP contribution in [0.2, 0.25) is 0 Å². The van der Waals surface area contributed by atoms with Gasteiger partial charge in [0.1, 0.15) is 5.82 Å². The van der Waals surface area contributed by atoms with E-state index in [2.05, 4.69) is 16.9 Å². The number of rotatable bonds is 4. The fourth-order valence-electron chi connectivity index (χ4n) is 2.52. The monoisotopic (exact) mass is 302 g/mol. The number of hydrogen-bond donors (Lipinski definition) is 0. The maximum Gasteiger partial charge on any atom is 0.186 e. The first-order chi connectivity index (χ1) is 10.8. The number of hydrogen-bond acceptors (Lipinski definition) is 4. The Hall–Kier alpha value is -1.85. The Morgan fingerprint density at radius 3 is 2.32 bits per heavy atom. The van der Waals surface area contributed by atoms with Crippen molar-refractivity contribution in [1.82, 2.24) is 9.97 Å². The molecule has 3 rings (SSSR count). The Morgan fingerprint density at radius 1 is 1.09 bits per heavy atom. The van der Waals surface area contributed by atoms with E-state index in [1.165, 1.54) is 12.1 Å². The summed E-state index contributed by atoms with van der Waals surface area (Å²) in [6.45, 7) is 3.57. The zero-order valence-electron chi connectivity index (χ0n) is 12.5. The highest BCUT2D eigenvalue weighted by atomic mass is 19.1. The normalized spacial score (nSPS) is 21.7. The molecule has 1 aromatic heterocycles. The van der Waals surface area contributed by atoms with Gasteiger partial charge >= 0.3 is 0 Å². The highest BCUT2D eigenvalue weighted by Gasteiger charge is 2.23. The molecule has 1 aliphatic rings. The van der Waals surface area contributed by atoms with Crippen molar-refractivity contribution in [2.45, 2.75) is 26.1 Å². The molecule has 0 aliphatic carbocycles. The molecule has 2 aromatic rings. The summed E-state index contributed by atoms with van der Waals surface area (Å²) in [5.74, 6) is 0.759. The molecule has 0 N–H and O–H groups in total. The van der Waals surface area contributed by atoms with Crippen molar-refractivity contribution in [3.63, 3.8) is 0 Å². The predicted octanol–water partition coefficient (Wildman–Crippen LogP) is 3.74. The van der Waals surface area contributed by atoms with Crippen molar-refractivity contribution in [3.8, 4) is 11.4 Å². The minimum atomic E-state index is -0.393. The van der Waals surface area contributed by atoms with Gasteiger partial charge in [-0.3, -0.25) is 0 Å². The Bertz CT molecular complexity index is 593. The average Bonchev–Trinajstić information content (AvgIpc) is 2.57. The number of nitrogens with zero attached hydrogens (tertiary/aromatic N) is 2. The lowest BCUT2D eigenvalue weighted by atomic mass is 10.1. The zero-order chi connectivity index (χ0) is 15.4. The van der Waals surface area contributed by atoms with Gasteiger partial charge in [-0.15, -0.1) is 0 Å². The van der Waals surface area contributed by atoms with Crippen LogP contribution in [0.5, 0.6) is 0 Å². The van der Waals surface area contributed by atoms with Crippen LogP contribution in [0.4, 0.5) is 4.39 Å². The summed E-state index contributed by atoms with van der Waals surface area (Å²) < 4.78 is 24.4. The van der Waals surface area contributed by atoms with Crippen LogP contribution < -0.4 is 0 Å². The van der Waals surface area contributed by atoms with E-state index >= 15 is 0 Å². The Balaban J connectivity index is 1.66. The van der Waals surface area contributed by atoms with Gasteiger partial charge in [0.05, 0.1) is 13.2 Å². The van der Waals surface area contributed by atoms with Crippen LogP contribution in [0.25, 0.3) is 11.4 Å². The van der Waals surface area contributed by atoms with Crippen LogP contribution in [0.1, 0.15) is 31.6 Å². The molecule has 22 heavy (non-hydrogen) atoms. The average molecular weight is 302 g/mol. The molecular weight excluding hydrogens is 283 g/mol. The van der Waals surface area contributed by atoms with E-state index in [4.69, 9.17) is 9.47 Å². The molecule has 0 spiro atoms. The van der Waals surface area contributed by atoms with Crippen molar-refractivity contribution < 1.29 is 13.9 Å². The number of ether oxygens (including phenoxy) is 2. The molecule has 2 heterocycles. The van der Waals surface area contributed by atoms with Crippen LogP contribution in [0.15, 0.2) is 36.7 Å². The summed E-state index contributed by atoms with van der Waals surface area (Å²) >= 11 is 0. The summed E-state index contributed by atoms with van der Waals surface area (Å²) in [6.07, 6.45) is 5.27. The SMILES string of the molecule is CCCC1COC(c2cnc(-c3ccc(F)cc3)nc2)OC1. The third kappa shape index (κ3) is 3.48. The number of aromatic nitrogens is 2. The van der Waals surface area contributed by atoms with E-state index in [1.807, 2.05) is 0 Å². The van der Waals surface area contributed by atoms with Crippen molar-refractivity contribution >= 4 is 0 Å². The molecular formula is C17H19FN2O2. The third-order valence-corrected chi connectivity index (χ3v) is 3.71. The molecule has 1 saturated heterocycles. The quantitative estimate of drug-likeness (QED) is 0.863. The summed E-state index contributed by atoms with van der Waals surface area (Å²) in [4.78, 5) is 8.63. The lowest BCUT2D eigenvalue weighted by molar-refractivity contribution is -0.206. The van der Waals surface area contributed by atoms with Gasteiger partial charge in [-0.25, -0.2) is 14.4 Å². The van der Waals surface area contributed by atoms with Gasteiger partial charge in [0.25, 0.3) is 0 Å². The van der Waals surface area contributed by atoms with Gasteiger partial charge in [0.15, 0.2) is 12.1 Å². The largest absolute Gasteiger partial charge is 0.348 e. The van der Waals surface area contributed by atoms with E-state index in [0.29, 0.717) is 25.0 Å². The van der Waals surface area contributed by atoms with Crippen molar-refractivity contribution in [2.24, 2.45) is 5.92 Å². The van der Waals surface area contributed by atoms with Gasteiger partial charge in [0, 0.05) is 29.4 Å². The van der Waals surface area contributed by atoms with Crippen molar-refractivity contribution in [2.75, 3.05) is 13.2 Å².